The Labute approximate surface area is 473 Å². The second kappa shape index (κ2) is 17.3. The maximum absolute atomic E-state index is 2.64. The van der Waals surface area contributed by atoms with E-state index >= 15 is 0 Å². The molecule has 0 aliphatic carbocycles. The van der Waals surface area contributed by atoms with E-state index in [2.05, 4.69) is 312 Å². The van der Waals surface area contributed by atoms with E-state index in [9.17, 15) is 0 Å². The Kier molecular flexibility index (Phi) is 9.80. The van der Waals surface area contributed by atoms with Gasteiger partial charge in [-0.15, -0.1) is 0 Å². The summed E-state index contributed by atoms with van der Waals surface area (Å²) in [5.74, 6) is 0. The molecule has 17 rings (SSSR count). The molecule has 0 bridgehead atoms. The molecule has 4 aliphatic rings. The van der Waals surface area contributed by atoms with E-state index in [-0.39, 0.29) is 18.8 Å². The molecule has 4 aliphatic heterocycles. The van der Waals surface area contributed by atoms with Crippen molar-refractivity contribution in [1.82, 2.24) is 4.57 Å². The van der Waals surface area contributed by atoms with E-state index in [0.29, 0.717) is 0 Å². The van der Waals surface area contributed by atoms with Crippen LogP contribution in [0.25, 0.3) is 38.3 Å². The van der Waals surface area contributed by atoms with Crippen LogP contribution in [0, 0.1) is 0 Å². The molecule has 12 aromatic carbocycles. The maximum atomic E-state index is 2.64. The monoisotopic (exact) mass is 1030 g/mol. The first-order valence-electron chi connectivity index (χ1n) is 28.4. The van der Waals surface area contributed by atoms with Crippen LogP contribution in [0.2, 0.25) is 0 Å². The molecule has 81 heavy (non-hydrogen) atoms. The summed E-state index contributed by atoms with van der Waals surface area (Å²) in [6.45, 7) is 6.87. The molecular formula is C74H53B2N5. The lowest BCUT2D eigenvalue weighted by Crippen LogP contribution is -2.65. The van der Waals surface area contributed by atoms with Gasteiger partial charge in [0.25, 0.3) is 13.4 Å². The Morgan fingerprint density at radius 1 is 0.284 bits per heavy atom. The molecule has 5 nitrogen and oxygen atoms in total. The quantitative estimate of drug-likeness (QED) is 0.160. The van der Waals surface area contributed by atoms with Crippen molar-refractivity contribution in [3.63, 3.8) is 0 Å². The average molecular weight is 1030 g/mol. The van der Waals surface area contributed by atoms with Gasteiger partial charge in [-0.25, -0.2) is 0 Å². The van der Waals surface area contributed by atoms with Crippen molar-refractivity contribution in [1.29, 1.82) is 0 Å². The number of anilines is 12. The molecule has 0 spiro atoms. The van der Waals surface area contributed by atoms with E-state index in [1.165, 1.54) is 111 Å². The van der Waals surface area contributed by atoms with Gasteiger partial charge in [0.1, 0.15) is 0 Å². The molecule has 0 saturated carbocycles. The second-order valence-corrected chi connectivity index (χ2v) is 23.2. The molecule has 0 radical (unpaired) electrons. The van der Waals surface area contributed by atoms with Gasteiger partial charge in [0.15, 0.2) is 0 Å². The number of benzene rings is 12. The van der Waals surface area contributed by atoms with Crippen LogP contribution in [-0.2, 0) is 5.41 Å². The van der Waals surface area contributed by atoms with Crippen molar-refractivity contribution >= 4 is 147 Å². The summed E-state index contributed by atoms with van der Waals surface area (Å²) in [4.78, 5) is 10.2. The summed E-state index contributed by atoms with van der Waals surface area (Å²) in [5, 5.41) is 5.01. The summed E-state index contributed by atoms with van der Waals surface area (Å²) in [5.41, 5.74) is 26.4. The number of aromatic nitrogens is 1. The van der Waals surface area contributed by atoms with Gasteiger partial charge in [-0.05, 0) is 158 Å². The maximum Gasteiger partial charge on any atom is 0.252 e. The smallest absolute Gasteiger partial charge is 0.252 e. The molecule has 0 atom stereocenters. The summed E-state index contributed by atoms with van der Waals surface area (Å²) in [7, 11) is 0. The van der Waals surface area contributed by atoms with Crippen LogP contribution in [0.1, 0.15) is 26.3 Å². The van der Waals surface area contributed by atoms with Crippen LogP contribution in [0.4, 0.5) is 68.2 Å². The fourth-order valence-corrected chi connectivity index (χ4v) is 14.4. The second-order valence-electron chi connectivity index (χ2n) is 23.2. The predicted octanol–water partition coefficient (Wildman–Crippen LogP) is 15.4. The molecule has 1 aromatic heterocycles. The van der Waals surface area contributed by atoms with Gasteiger partial charge in [0, 0.05) is 79.0 Å². The van der Waals surface area contributed by atoms with E-state index in [0.717, 1.165) is 34.1 Å². The van der Waals surface area contributed by atoms with Crippen LogP contribution in [0.3, 0.4) is 0 Å². The third-order valence-corrected chi connectivity index (χ3v) is 17.8. The molecule has 13 aromatic rings. The SMILES string of the molecule is CC(C)(C)c1cc2c3c(c1)N(c1ccccc1)c1cc4c(cc1B3c1ccccc1N2c1ccccc1)B1c2ccccc2N(c2ccccc2)c2cc(-n3c5ccccc5c5c6ccccc6ccc53)cc(c21)N4c1ccccc1. The molecule has 5 heterocycles. The van der Waals surface area contributed by atoms with E-state index in [1.807, 2.05) is 0 Å². The minimum atomic E-state index is -0.145. The number of fused-ring (bicyclic) bond motifs is 13. The largest absolute Gasteiger partial charge is 0.311 e. The summed E-state index contributed by atoms with van der Waals surface area (Å²) >= 11 is 0. The molecule has 380 valence electrons. The highest BCUT2D eigenvalue weighted by molar-refractivity contribution is 7.03. The molecule has 7 heteroatoms. The van der Waals surface area contributed by atoms with Crippen LogP contribution in [0.15, 0.2) is 267 Å². The van der Waals surface area contributed by atoms with Gasteiger partial charge in [-0.1, -0.05) is 185 Å². The Morgan fingerprint density at radius 2 is 0.691 bits per heavy atom. The van der Waals surface area contributed by atoms with E-state index in [1.54, 1.807) is 0 Å². The highest BCUT2D eigenvalue weighted by atomic mass is 15.2. The minimum absolute atomic E-state index is 0.0695. The van der Waals surface area contributed by atoms with Crippen molar-refractivity contribution in [2.75, 3.05) is 19.6 Å². The Bertz CT molecular complexity index is 4720. The first-order valence-corrected chi connectivity index (χ1v) is 28.4. The molecule has 0 fully saturated rings. The van der Waals surface area contributed by atoms with Crippen molar-refractivity contribution in [2.24, 2.45) is 0 Å². The molecular weight excluding hydrogens is 980 g/mol. The number of hydrogen-bond donors (Lipinski definition) is 0. The molecule has 0 unspecified atom stereocenters. The predicted molar refractivity (Wildman–Crippen MR) is 345 cm³/mol. The number of rotatable bonds is 5. The highest BCUT2D eigenvalue weighted by Gasteiger charge is 2.49. The third kappa shape index (κ3) is 6.63. The lowest BCUT2D eigenvalue weighted by molar-refractivity contribution is 0.590. The van der Waals surface area contributed by atoms with E-state index < -0.39 is 0 Å². The van der Waals surface area contributed by atoms with Gasteiger partial charge in [-0.3, -0.25) is 0 Å². The lowest BCUT2D eigenvalue weighted by Gasteiger charge is -2.47. The normalized spacial score (nSPS) is 13.7. The minimum Gasteiger partial charge on any atom is -0.311 e. The molecule has 0 amide bonds. The number of hydrogen-bond acceptors (Lipinski definition) is 4. The highest BCUT2D eigenvalue weighted by Crippen LogP contribution is 2.51. The van der Waals surface area contributed by atoms with Crippen molar-refractivity contribution in [3.8, 4) is 5.69 Å². The van der Waals surface area contributed by atoms with Crippen LogP contribution in [0.5, 0.6) is 0 Å². The van der Waals surface area contributed by atoms with Gasteiger partial charge >= 0.3 is 0 Å². The third-order valence-electron chi connectivity index (χ3n) is 17.8. The van der Waals surface area contributed by atoms with Gasteiger partial charge < -0.3 is 24.2 Å². The number of nitrogens with zero attached hydrogens (tertiary/aromatic N) is 5. The average Bonchev–Trinajstić information content (AvgIpc) is 3.12. The zero-order valence-electron chi connectivity index (χ0n) is 45.3. The first kappa shape index (κ1) is 46.0. The fraction of sp³-hybridized carbons (Fsp3) is 0.0541. The van der Waals surface area contributed by atoms with Crippen molar-refractivity contribution in [3.05, 3.63) is 272 Å². The zero-order valence-corrected chi connectivity index (χ0v) is 45.3. The fourth-order valence-electron chi connectivity index (χ4n) is 14.4. The Morgan fingerprint density at radius 3 is 1.19 bits per heavy atom. The summed E-state index contributed by atoms with van der Waals surface area (Å²) in [6.07, 6.45) is 0. The van der Waals surface area contributed by atoms with E-state index in [4.69, 9.17) is 0 Å². The van der Waals surface area contributed by atoms with Gasteiger partial charge in [0.2, 0.25) is 0 Å². The van der Waals surface area contributed by atoms with Crippen molar-refractivity contribution < 1.29 is 0 Å². The Balaban J connectivity index is 1.01. The first-order chi connectivity index (χ1) is 39.9. The van der Waals surface area contributed by atoms with Crippen LogP contribution in [-0.4, -0.2) is 18.0 Å². The Hall–Kier alpha value is -9.97. The molecule has 0 saturated heterocycles. The topological polar surface area (TPSA) is 17.9 Å². The van der Waals surface area contributed by atoms with Gasteiger partial charge in [0.05, 0.1) is 16.7 Å². The number of para-hydroxylation sites is 7. The van der Waals surface area contributed by atoms with Crippen LogP contribution < -0.4 is 52.4 Å². The summed E-state index contributed by atoms with van der Waals surface area (Å²) in [6, 6.07) is 100. The molecule has 0 N–H and O–H groups in total. The summed E-state index contributed by atoms with van der Waals surface area (Å²) < 4.78 is 2.52. The zero-order chi connectivity index (χ0) is 53.7. The standard InChI is InChI=1S/C74H53B2N5/c1-74(2,3)49-42-67-72-68(43-49)79(52-29-12-6-13-30-52)65-47-66-60(46-59(65)75(72)57-35-19-22-38-62(57)77(67)50-25-8-4-9-26-50)76-58-36-20-23-39-63(58)78(51-27-10-5-11-28-51)69-44-54(45-70(73(69)76)80(66)53-31-14-7-15-32-53)81-61-37-21-18-34-56(61)71-55-33-17-16-24-48(55)40-41-64(71)81/h4-47H,1-3H3. The van der Waals surface area contributed by atoms with Crippen molar-refractivity contribution in [2.45, 2.75) is 26.2 Å². The lowest BCUT2D eigenvalue weighted by atomic mass is 9.30. The van der Waals surface area contributed by atoms with Crippen LogP contribution >= 0.6 is 0 Å². The van der Waals surface area contributed by atoms with Gasteiger partial charge in [-0.2, -0.15) is 0 Å².